The summed E-state index contributed by atoms with van der Waals surface area (Å²) in [6.07, 6.45) is 1.46. The fourth-order valence-electron chi connectivity index (χ4n) is 0.583. The standard InChI is InChI=1S/C6H14O3.C3H6O/c7-4-2-1-3-6(9)5-8;1-3(2)4/h6-9H,1-5H2;1-2H3. The lowest BCUT2D eigenvalue weighted by molar-refractivity contribution is -0.114. The molecule has 0 amide bonds. The van der Waals surface area contributed by atoms with Gasteiger partial charge in [-0.3, -0.25) is 0 Å². The highest BCUT2D eigenvalue weighted by Gasteiger charge is 1.99. The van der Waals surface area contributed by atoms with Crippen LogP contribution in [-0.2, 0) is 4.79 Å². The minimum absolute atomic E-state index is 0.165. The molecule has 0 rings (SSSR count). The molecule has 0 heterocycles. The van der Waals surface area contributed by atoms with Crippen molar-refractivity contribution >= 4 is 5.78 Å². The molecule has 3 N–H and O–H groups in total. The van der Waals surface area contributed by atoms with Crippen LogP contribution < -0.4 is 0 Å². The molecule has 0 aromatic rings. The molecule has 0 radical (unpaired) electrons. The van der Waals surface area contributed by atoms with Gasteiger partial charge in [-0.2, -0.15) is 0 Å². The molecule has 0 spiro atoms. The van der Waals surface area contributed by atoms with Crippen molar-refractivity contribution in [2.45, 2.75) is 39.2 Å². The van der Waals surface area contributed by atoms with Gasteiger partial charge in [0, 0.05) is 6.61 Å². The lowest BCUT2D eigenvalue weighted by atomic mass is 10.2. The summed E-state index contributed by atoms with van der Waals surface area (Å²) in [7, 11) is 0. The van der Waals surface area contributed by atoms with E-state index < -0.39 is 6.10 Å². The number of carbonyl (C=O) groups is 1. The van der Waals surface area contributed by atoms with Crippen molar-refractivity contribution in [1.82, 2.24) is 0 Å². The van der Waals surface area contributed by atoms with Crippen LogP contribution in [0.1, 0.15) is 33.1 Å². The quantitative estimate of drug-likeness (QED) is 0.540. The Morgan fingerprint density at radius 2 is 1.69 bits per heavy atom. The predicted molar refractivity (Wildman–Crippen MR) is 50.4 cm³/mol. The van der Waals surface area contributed by atoms with E-state index in [1.54, 1.807) is 0 Å². The van der Waals surface area contributed by atoms with E-state index in [1.165, 1.54) is 13.8 Å². The largest absolute Gasteiger partial charge is 0.396 e. The minimum Gasteiger partial charge on any atom is -0.396 e. The Morgan fingerprint density at radius 3 is 2.00 bits per heavy atom. The molecular weight excluding hydrogens is 172 g/mol. The number of unbranched alkanes of at least 4 members (excludes halogenated alkanes) is 1. The van der Waals surface area contributed by atoms with E-state index >= 15 is 0 Å². The van der Waals surface area contributed by atoms with Gasteiger partial charge in [0.1, 0.15) is 5.78 Å². The summed E-state index contributed by atoms with van der Waals surface area (Å²) < 4.78 is 0. The van der Waals surface area contributed by atoms with Gasteiger partial charge in [-0.25, -0.2) is 0 Å². The van der Waals surface area contributed by atoms with Crippen LogP contribution in [0.5, 0.6) is 0 Å². The van der Waals surface area contributed by atoms with Gasteiger partial charge in [0.15, 0.2) is 0 Å². The highest BCUT2D eigenvalue weighted by molar-refractivity contribution is 5.72. The van der Waals surface area contributed by atoms with Crippen LogP contribution >= 0.6 is 0 Å². The van der Waals surface area contributed by atoms with E-state index in [1.807, 2.05) is 0 Å². The molecule has 80 valence electrons. The topological polar surface area (TPSA) is 77.8 Å². The number of carbonyl (C=O) groups excluding carboxylic acids is 1. The summed E-state index contributed by atoms with van der Waals surface area (Å²) in [5.41, 5.74) is 0. The summed E-state index contributed by atoms with van der Waals surface area (Å²) >= 11 is 0. The van der Waals surface area contributed by atoms with Gasteiger partial charge in [-0.05, 0) is 33.1 Å². The predicted octanol–water partition coefficient (Wildman–Crippen LogP) is 0.0975. The second kappa shape index (κ2) is 11.6. The molecule has 0 saturated heterocycles. The molecule has 0 aromatic heterocycles. The number of Topliss-reactive ketones (excluding diaryl/α,β-unsaturated/α-hetero) is 1. The number of ketones is 1. The summed E-state index contributed by atoms with van der Waals surface area (Å²) in [4.78, 5) is 9.44. The van der Waals surface area contributed by atoms with Crippen LogP contribution in [0.15, 0.2) is 0 Å². The third-order valence-electron chi connectivity index (χ3n) is 1.16. The normalized spacial score (nSPS) is 11.5. The molecule has 4 heteroatoms. The highest BCUT2D eigenvalue weighted by Crippen LogP contribution is 1.98. The molecule has 0 aliphatic carbocycles. The fraction of sp³-hybridized carbons (Fsp3) is 0.889. The van der Waals surface area contributed by atoms with Crippen LogP contribution in [0.2, 0.25) is 0 Å². The van der Waals surface area contributed by atoms with Crippen LogP contribution in [0, 0.1) is 0 Å². The third kappa shape index (κ3) is 24.6. The first-order valence-corrected chi connectivity index (χ1v) is 4.41. The fourth-order valence-corrected chi connectivity index (χ4v) is 0.583. The molecule has 1 atom stereocenters. The van der Waals surface area contributed by atoms with E-state index in [-0.39, 0.29) is 19.0 Å². The SMILES string of the molecule is CC(C)=O.OCCCCC(O)CO. The number of hydrogen-bond donors (Lipinski definition) is 3. The Balaban J connectivity index is 0. The number of aliphatic hydroxyl groups is 3. The van der Waals surface area contributed by atoms with E-state index in [2.05, 4.69) is 0 Å². The zero-order valence-corrected chi connectivity index (χ0v) is 8.36. The summed E-state index contributed by atoms with van der Waals surface area (Å²) in [5.74, 6) is 0.167. The summed E-state index contributed by atoms with van der Waals surface area (Å²) in [5, 5.41) is 25.4. The van der Waals surface area contributed by atoms with Gasteiger partial charge in [0.05, 0.1) is 12.7 Å². The molecule has 0 aliphatic heterocycles. The Hall–Kier alpha value is -0.450. The van der Waals surface area contributed by atoms with Crippen LogP contribution in [0.3, 0.4) is 0 Å². The van der Waals surface area contributed by atoms with Gasteiger partial charge >= 0.3 is 0 Å². The molecule has 13 heavy (non-hydrogen) atoms. The van der Waals surface area contributed by atoms with Crippen molar-refractivity contribution < 1.29 is 20.1 Å². The lowest BCUT2D eigenvalue weighted by Gasteiger charge is -2.03. The van der Waals surface area contributed by atoms with E-state index in [0.717, 1.165) is 6.42 Å². The maximum atomic E-state index is 9.44. The Morgan fingerprint density at radius 1 is 1.23 bits per heavy atom. The number of hydrogen-bond acceptors (Lipinski definition) is 4. The van der Waals surface area contributed by atoms with Crippen LogP contribution in [0.4, 0.5) is 0 Å². The molecule has 0 fully saturated rings. The summed E-state index contributed by atoms with van der Waals surface area (Å²) in [6, 6.07) is 0. The van der Waals surface area contributed by atoms with Crippen molar-refractivity contribution in [2.75, 3.05) is 13.2 Å². The average molecular weight is 192 g/mol. The smallest absolute Gasteiger partial charge is 0.126 e. The Bertz CT molecular complexity index is 110. The zero-order chi connectivity index (χ0) is 10.7. The second-order valence-electron chi connectivity index (χ2n) is 2.96. The molecule has 0 saturated carbocycles. The first-order chi connectivity index (χ1) is 6.04. The van der Waals surface area contributed by atoms with Gasteiger partial charge in [0.2, 0.25) is 0 Å². The first kappa shape index (κ1) is 15.0. The third-order valence-corrected chi connectivity index (χ3v) is 1.16. The second-order valence-corrected chi connectivity index (χ2v) is 2.96. The molecular formula is C9H20O4. The van der Waals surface area contributed by atoms with Crippen LogP contribution in [-0.4, -0.2) is 40.4 Å². The van der Waals surface area contributed by atoms with Crippen molar-refractivity contribution in [3.8, 4) is 0 Å². The molecule has 4 nitrogen and oxygen atoms in total. The van der Waals surface area contributed by atoms with Crippen molar-refractivity contribution in [3.63, 3.8) is 0 Å². The Labute approximate surface area is 79.2 Å². The lowest BCUT2D eigenvalue weighted by Crippen LogP contribution is -2.11. The Kier molecular flexibility index (Phi) is 13.4. The average Bonchev–Trinajstić information content (AvgIpc) is 2.03. The molecule has 0 aliphatic rings. The minimum atomic E-state index is -0.600. The van der Waals surface area contributed by atoms with Crippen molar-refractivity contribution in [1.29, 1.82) is 0 Å². The molecule has 0 aromatic carbocycles. The molecule has 0 bridgehead atoms. The van der Waals surface area contributed by atoms with Gasteiger partial charge in [-0.1, -0.05) is 0 Å². The van der Waals surface area contributed by atoms with Crippen LogP contribution in [0.25, 0.3) is 0 Å². The van der Waals surface area contributed by atoms with E-state index in [4.69, 9.17) is 15.3 Å². The monoisotopic (exact) mass is 192 g/mol. The van der Waals surface area contributed by atoms with Crippen molar-refractivity contribution in [2.24, 2.45) is 0 Å². The molecule has 1 unspecified atom stereocenters. The number of rotatable bonds is 5. The van der Waals surface area contributed by atoms with Gasteiger partial charge in [0.25, 0.3) is 0 Å². The zero-order valence-electron chi connectivity index (χ0n) is 8.36. The highest BCUT2D eigenvalue weighted by atomic mass is 16.3. The number of aliphatic hydroxyl groups excluding tert-OH is 3. The maximum Gasteiger partial charge on any atom is 0.126 e. The van der Waals surface area contributed by atoms with Crippen molar-refractivity contribution in [3.05, 3.63) is 0 Å². The van der Waals surface area contributed by atoms with Gasteiger partial charge in [-0.15, -0.1) is 0 Å². The first-order valence-electron chi connectivity index (χ1n) is 4.41. The van der Waals surface area contributed by atoms with E-state index in [0.29, 0.717) is 12.8 Å². The van der Waals surface area contributed by atoms with Gasteiger partial charge < -0.3 is 20.1 Å². The van der Waals surface area contributed by atoms with E-state index in [9.17, 15) is 4.79 Å². The maximum absolute atomic E-state index is 9.44. The summed E-state index contributed by atoms with van der Waals surface area (Å²) in [6.45, 7) is 3.05.